The molecule has 0 saturated heterocycles. The Morgan fingerprint density at radius 1 is 1.47 bits per heavy atom. The van der Waals surface area contributed by atoms with Crippen LogP contribution in [0.15, 0.2) is 24.3 Å². The fourth-order valence-electron chi connectivity index (χ4n) is 2.33. The van der Waals surface area contributed by atoms with Crippen molar-refractivity contribution in [1.82, 2.24) is 0 Å². The van der Waals surface area contributed by atoms with Gasteiger partial charge >= 0.3 is 0 Å². The van der Waals surface area contributed by atoms with Crippen LogP contribution in [-0.2, 0) is 5.41 Å². The van der Waals surface area contributed by atoms with Crippen LogP contribution < -0.4 is 10.6 Å². The molecule has 15 heavy (non-hydrogen) atoms. The molecule has 0 saturated carbocycles. The van der Waals surface area contributed by atoms with Crippen molar-refractivity contribution in [3.05, 3.63) is 29.8 Å². The van der Waals surface area contributed by atoms with Crippen molar-refractivity contribution in [2.75, 3.05) is 31.6 Å². The third-order valence-electron chi connectivity index (χ3n) is 3.51. The van der Waals surface area contributed by atoms with Crippen LogP contribution in [0.3, 0.4) is 0 Å². The first kappa shape index (κ1) is 10.5. The zero-order valence-electron chi connectivity index (χ0n) is 9.11. The number of nitrogens with zero attached hydrogens (tertiary/aromatic N) is 1. The Balaban J connectivity index is 2.52. The molecule has 1 aromatic rings. The lowest BCUT2D eigenvalue weighted by atomic mass is 9.75. The molecular formula is C12H18N2O. The molecule has 0 aromatic heterocycles. The first-order valence-corrected chi connectivity index (χ1v) is 5.35. The normalized spacial score (nSPS) is 25.1. The summed E-state index contributed by atoms with van der Waals surface area (Å²) in [4.78, 5) is 2.22. The van der Waals surface area contributed by atoms with Crippen LogP contribution in [0.4, 0.5) is 5.69 Å². The topological polar surface area (TPSA) is 49.5 Å². The van der Waals surface area contributed by atoms with Gasteiger partial charge < -0.3 is 15.7 Å². The molecule has 3 N–H and O–H groups in total. The molecular weight excluding hydrogens is 188 g/mol. The Morgan fingerprint density at radius 3 is 2.87 bits per heavy atom. The smallest absolute Gasteiger partial charge is 0.0541 e. The summed E-state index contributed by atoms with van der Waals surface area (Å²) in [6, 6.07) is 8.21. The van der Waals surface area contributed by atoms with Gasteiger partial charge in [-0.15, -0.1) is 0 Å². The molecule has 0 radical (unpaired) electrons. The van der Waals surface area contributed by atoms with Crippen LogP contribution in [-0.4, -0.2) is 31.9 Å². The van der Waals surface area contributed by atoms with Gasteiger partial charge in [-0.2, -0.15) is 0 Å². The van der Waals surface area contributed by atoms with Gasteiger partial charge in [0.05, 0.1) is 6.61 Å². The van der Waals surface area contributed by atoms with E-state index in [-0.39, 0.29) is 12.0 Å². The number of aliphatic hydroxyl groups excluding tert-OH is 1. The van der Waals surface area contributed by atoms with Gasteiger partial charge in [0, 0.05) is 31.2 Å². The Kier molecular flexibility index (Phi) is 2.67. The van der Waals surface area contributed by atoms with Crippen molar-refractivity contribution >= 4 is 5.69 Å². The van der Waals surface area contributed by atoms with E-state index in [4.69, 9.17) is 5.73 Å². The van der Waals surface area contributed by atoms with Crippen LogP contribution in [0.2, 0.25) is 0 Å². The second kappa shape index (κ2) is 3.83. The number of para-hydroxylation sites is 1. The molecule has 0 aliphatic carbocycles. The third-order valence-corrected chi connectivity index (χ3v) is 3.51. The third kappa shape index (κ3) is 1.52. The monoisotopic (exact) mass is 206 g/mol. The fraction of sp³-hybridized carbons (Fsp3) is 0.500. The zero-order valence-corrected chi connectivity index (χ0v) is 9.11. The molecule has 1 aliphatic rings. The van der Waals surface area contributed by atoms with Gasteiger partial charge in [-0.25, -0.2) is 0 Å². The van der Waals surface area contributed by atoms with Crippen LogP contribution in [0.5, 0.6) is 0 Å². The molecule has 0 spiro atoms. The van der Waals surface area contributed by atoms with E-state index in [1.165, 1.54) is 11.3 Å². The fourth-order valence-corrected chi connectivity index (χ4v) is 2.33. The Morgan fingerprint density at radius 2 is 2.20 bits per heavy atom. The van der Waals surface area contributed by atoms with Gasteiger partial charge in [-0.3, -0.25) is 0 Å². The van der Waals surface area contributed by atoms with E-state index in [1.807, 2.05) is 12.1 Å². The average molecular weight is 206 g/mol. The van der Waals surface area contributed by atoms with Crippen LogP contribution in [0.25, 0.3) is 0 Å². The van der Waals surface area contributed by atoms with Gasteiger partial charge in [-0.05, 0) is 18.1 Å². The van der Waals surface area contributed by atoms with Gasteiger partial charge in [0.25, 0.3) is 0 Å². The average Bonchev–Trinajstić information content (AvgIpc) is 2.31. The molecule has 0 amide bonds. The lowest BCUT2D eigenvalue weighted by Gasteiger charge is -2.41. The first-order chi connectivity index (χ1) is 7.23. The molecule has 3 heteroatoms. The van der Waals surface area contributed by atoms with E-state index < -0.39 is 0 Å². The summed E-state index contributed by atoms with van der Waals surface area (Å²) in [5.41, 5.74) is 7.98. The van der Waals surface area contributed by atoms with E-state index in [1.54, 1.807) is 0 Å². The maximum atomic E-state index is 9.58. The van der Waals surface area contributed by atoms with E-state index in [9.17, 15) is 5.11 Å². The molecule has 1 unspecified atom stereocenters. The highest BCUT2D eigenvalue weighted by molar-refractivity contribution is 5.58. The van der Waals surface area contributed by atoms with E-state index in [0.29, 0.717) is 6.54 Å². The number of nitrogens with two attached hydrogens (primary N) is 1. The largest absolute Gasteiger partial charge is 0.395 e. The van der Waals surface area contributed by atoms with E-state index >= 15 is 0 Å². The minimum absolute atomic E-state index is 0.133. The molecule has 1 heterocycles. The number of hydrogen-bond acceptors (Lipinski definition) is 3. The minimum atomic E-state index is -0.233. The van der Waals surface area contributed by atoms with Crippen molar-refractivity contribution in [3.8, 4) is 0 Å². The van der Waals surface area contributed by atoms with Gasteiger partial charge in [0.2, 0.25) is 0 Å². The highest BCUT2D eigenvalue weighted by atomic mass is 16.3. The molecule has 3 nitrogen and oxygen atoms in total. The predicted octanol–water partition coefficient (Wildman–Crippen LogP) is 0.715. The molecule has 1 atom stereocenters. The summed E-state index contributed by atoms with van der Waals surface area (Å²) in [5.74, 6) is 0. The number of anilines is 1. The molecule has 2 rings (SSSR count). The number of aliphatic hydroxyl groups is 1. The highest BCUT2D eigenvalue weighted by Crippen LogP contribution is 2.38. The zero-order chi connectivity index (χ0) is 10.9. The standard InChI is InChI=1S/C12H18N2O/c1-14-7-6-12(8-13,9-15)10-4-2-3-5-11(10)14/h2-5,15H,6-9,13H2,1H3. The van der Waals surface area contributed by atoms with Gasteiger partial charge in [0.15, 0.2) is 0 Å². The molecule has 1 aromatic carbocycles. The van der Waals surface area contributed by atoms with Crippen molar-refractivity contribution in [2.45, 2.75) is 11.8 Å². The molecule has 0 fully saturated rings. The summed E-state index contributed by atoms with van der Waals surface area (Å²) in [6.07, 6.45) is 0.924. The predicted molar refractivity (Wildman–Crippen MR) is 62.1 cm³/mol. The first-order valence-electron chi connectivity index (χ1n) is 5.35. The van der Waals surface area contributed by atoms with E-state index in [2.05, 4.69) is 24.1 Å². The Bertz CT molecular complexity index is 347. The summed E-state index contributed by atoms with van der Waals surface area (Å²) in [5, 5.41) is 9.58. The molecule has 1 aliphatic heterocycles. The van der Waals surface area contributed by atoms with Crippen molar-refractivity contribution in [1.29, 1.82) is 0 Å². The second-order valence-corrected chi connectivity index (χ2v) is 4.33. The number of hydrogen-bond donors (Lipinski definition) is 2. The van der Waals surface area contributed by atoms with Crippen molar-refractivity contribution in [3.63, 3.8) is 0 Å². The molecule has 82 valence electrons. The van der Waals surface area contributed by atoms with Crippen LogP contribution in [0.1, 0.15) is 12.0 Å². The second-order valence-electron chi connectivity index (χ2n) is 4.33. The Hall–Kier alpha value is -1.06. The van der Waals surface area contributed by atoms with Crippen LogP contribution in [0, 0.1) is 0 Å². The number of fused-ring (bicyclic) bond motifs is 1. The van der Waals surface area contributed by atoms with Crippen LogP contribution >= 0.6 is 0 Å². The maximum absolute atomic E-state index is 9.58. The summed E-state index contributed by atoms with van der Waals surface area (Å²) in [6.45, 7) is 1.59. The highest BCUT2D eigenvalue weighted by Gasteiger charge is 2.36. The quantitative estimate of drug-likeness (QED) is 0.749. The minimum Gasteiger partial charge on any atom is -0.395 e. The summed E-state index contributed by atoms with van der Waals surface area (Å²) < 4.78 is 0. The maximum Gasteiger partial charge on any atom is 0.0541 e. The summed E-state index contributed by atoms with van der Waals surface area (Å²) in [7, 11) is 2.08. The summed E-state index contributed by atoms with van der Waals surface area (Å²) >= 11 is 0. The molecule has 0 bridgehead atoms. The number of rotatable bonds is 2. The van der Waals surface area contributed by atoms with Crippen molar-refractivity contribution < 1.29 is 5.11 Å². The van der Waals surface area contributed by atoms with Crippen molar-refractivity contribution in [2.24, 2.45) is 5.73 Å². The van der Waals surface area contributed by atoms with Gasteiger partial charge in [0.1, 0.15) is 0 Å². The lowest BCUT2D eigenvalue weighted by Crippen LogP contribution is -2.46. The lowest BCUT2D eigenvalue weighted by molar-refractivity contribution is 0.186. The Labute approximate surface area is 90.5 Å². The van der Waals surface area contributed by atoms with Gasteiger partial charge in [-0.1, -0.05) is 18.2 Å². The van der Waals surface area contributed by atoms with E-state index in [0.717, 1.165) is 13.0 Å². The number of benzene rings is 1. The SMILES string of the molecule is CN1CCC(CN)(CO)c2ccccc21.